The molecule has 0 fully saturated rings. The van der Waals surface area contributed by atoms with Gasteiger partial charge in [-0.3, -0.25) is 0 Å². The van der Waals surface area contributed by atoms with Crippen molar-refractivity contribution in [2.24, 2.45) is 0 Å². The van der Waals surface area contributed by atoms with Gasteiger partial charge in [-0.25, -0.2) is 4.79 Å². The first-order valence-corrected chi connectivity index (χ1v) is 6.62. The monoisotopic (exact) mass is 262 g/mol. The molecule has 0 bridgehead atoms. The van der Waals surface area contributed by atoms with E-state index in [0.29, 0.717) is 13.2 Å². The lowest BCUT2D eigenvalue weighted by molar-refractivity contribution is -0.0299. The Balaban J connectivity index is 3.52. The minimum Gasteiger partial charge on any atom is -0.432 e. The van der Waals surface area contributed by atoms with Crippen LogP contribution in [-0.2, 0) is 18.9 Å². The van der Waals surface area contributed by atoms with Crippen molar-refractivity contribution in [3.05, 3.63) is 0 Å². The second kappa shape index (κ2) is 11.3. The van der Waals surface area contributed by atoms with E-state index in [1.165, 1.54) is 0 Å². The summed E-state index contributed by atoms with van der Waals surface area (Å²) in [5.41, 5.74) is 0. The van der Waals surface area contributed by atoms with Gasteiger partial charge in [-0.15, -0.1) is 0 Å². The van der Waals surface area contributed by atoms with Crippen LogP contribution in [0, 0.1) is 0 Å². The maximum atomic E-state index is 11.2. The van der Waals surface area contributed by atoms with Crippen LogP contribution >= 0.6 is 0 Å². The molecule has 2 atom stereocenters. The van der Waals surface area contributed by atoms with E-state index in [1.807, 2.05) is 27.7 Å². The lowest BCUT2D eigenvalue weighted by Crippen LogP contribution is -2.23. The van der Waals surface area contributed by atoms with Gasteiger partial charge in [0, 0.05) is 13.2 Å². The van der Waals surface area contributed by atoms with E-state index in [9.17, 15) is 4.79 Å². The second-order valence-corrected chi connectivity index (χ2v) is 4.23. The molecule has 0 heterocycles. The molecule has 5 heteroatoms. The highest BCUT2D eigenvalue weighted by Gasteiger charge is 2.10. The molecule has 0 saturated carbocycles. The van der Waals surface area contributed by atoms with Crippen molar-refractivity contribution in [2.75, 3.05) is 26.4 Å². The zero-order valence-corrected chi connectivity index (χ0v) is 11.9. The number of hydrogen-bond acceptors (Lipinski definition) is 5. The lowest BCUT2D eigenvalue weighted by Gasteiger charge is -2.15. The van der Waals surface area contributed by atoms with E-state index in [-0.39, 0.29) is 25.4 Å². The number of carbonyl (C=O) groups is 1. The van der Waals surface area contributed by atoms with Crippen LogP contribution in [0.1, 0.15) is 40.5 Å². The summed E-state index contributed by atoms with van der Waals surface area (Å²) in [6.45, 7) is 9.53. The summed E-state index contributed by atoms with van der Waals surface area (Å²) in [7, 11) is 0. The summed E-state index contributed by atoms with van der Waals surface area (Å²) in [5.74, 6) is 0. The number of rotatable bonds is 10. The molecule has 0 spiro atoms. The standard InChI is InChI=1S/C13H26O5/c1-5-7-15-11(3)9-17-13(14)18-10-12(4)16-8-6-2/h11-12H,5-10H2,1-4H3. The van der Waals surface area contributed by atoms with Crippen LogP contribution in [-0.4, -0.2) is 44.8 Å². The first-order chi connectivity index (χ1) is 8.60. The molecule has 0 aliphatic heterocycles. The normalized spacial score (nSPS) is 14.0. The van der Waals surface area contributed by atoms with Crippen LogP contribution in [0.3, 0.4) is 0 Å². The molecule has 108 valence electrons. The molecule has 0 aromatic heterocycles. The third-order valence-corrected chi connectivity index (χ3v) is 2.08. The van der Waals surface area contributed by atoms with Gasteiger partial charge in [0.15, 0.2) is 0 Å². The number of carbonyl (C=O) groups excluding carboxylic acids is 1. The second-order valence-electron chi connectivity index (χ2n) is 4.23. The molecule has 2 unspecified atom stereocenters. The van der Waals surface area contributed by atoms with Crippen LogP contribution < -0.4 is 0 Å². The maximum absolute atomic E-state index is 11.2. The summed E-state index contributed by atoms with van der Waals surface area (Å²) in [5, 5.41) is 0. The summed E-state index contributed by atoms with van der Waals surface area (Å²) < 4.78 is 20.6. The molecule has 18 heavy (non-hydrogen) atoms. The van der Waals surface area contributed by atoms with Crippen molar-refractivity contribution in [2.45, 2.75) is 52.7 Å². The highest BCUT2D eigenvalue weighted by molar-refractivity contribution is 5.59. The molecule has 0 aromatic rings. The minimum absolute atomic E-state index is 0.105. The third-order valence-electron chi connectivity index (χ3n) is 2.08. The summed E-state index contributed by atoms with van der Waals surface area (Å²) in [6, 6.07) is 0. The SMILES string of the molecule is CCCOC(C)COC(=O)OCC(C)OCCC. The molecule has 5 nitrogen and oxygen atoms in total. The molecule has 0 saturated heterocycles. The van der Waals surface area contributed by atoms with E-state index in [4.69, 9.17) is 18.9 Å². The van der Waals surface area contributed by atoms with Crippen LogP contribution in [0.4, 0.5) is 4.79 Å². The van der Waals surface area contributed by atoms with E-state index < -0.39 is 6.16 Å². The van der Waals surface area contributed by atoms with Crippen molar-refractivity contribution in [3.63, 3.8) is 0 Å². The minimum atomic E-state index is -0.672. The number of hydrogen-bond donors (Lipinski definition) is 0. The Hall–Kier alpha value is -0.810. The lowest BCUT2D eigenvalue weighted by atomic mass is 10.4. The van der Waals surface area contributed by atoms with Crippen molar-refractivity contribution in [3.8, 4) is 0 Å². The van der Waals surface area contributed by atoms with Crippen LogP contribution in [0.25, 0.3) is 0 Å². The van der Waals surface area contributed by atoms with Crippen molar-refractivity contribution in [1.82, 2.24) is 0 Å². The Morgan fingerprint density at radius 2 is 1.28 bits per heavy atom. The Kier molecular flexibility index (Phi) is 10.8. The fourth-order valence-electron chi connectivity index (χ4n) is 1.15. The van der Waals surface area contributed by atoms with Crippen LogP contribution in [0.5, 0.6) is 0 Å². The quantitative estimate of drug-likeness (QED) is 0.567. The predicted octanol–water partition coefficient (Wildman–Crippen LogP) is 2.77. The highest BCUT2D eigenvalue weighted by Crippen LogP contribution is 1.98. The molecular formula is C13H26O5. The Labute approximate surface area is 110 Å². The smallest absolute Gasteiger partial charge is 0.432 e. The molecule has 0 radical (unpaired) electrons. The van der Waals surface area contributed by atoms with Gasteiger partial charge >= 0.3 is 6.16 Å². The van der Waals surface area contributed by atoms with Crippen LogP contribution in [0.15, 0.2) is 0 Å². The molecule has 0 aromatic carbocycles. The predicted molar refractivity (Wildman–Crippen MR) is 68.7 cm³/mol. The van der Waals surface area contributed by atoms with Gasteiger partial charge in [-0.2, -0.15) is 0 Å². The van der Waals surface area contributed by atoms with E-state index >= 15 is 0 Å². The first kappa shape index (κ1) is 17.2. The summed E-state index contributed by atoms with van der Waals surface area (Å²) in [6.07, 6.45) is 1.01. The van der Waals surface area contributed by atoms with E-state index in [1.54, 1.807) is 0 Å². The van der Waals surface area contributed by atoms with Gasteiger partial charge in [-0.05, 0) is 26.7 Å². The zero-order chi connectivity index (χ0) is 13.8. The van der Waals surface area contributed by atoms with Crippen molar-refractivity contribution >= 4 is 6.16 Å². The number of ether oxygens (including phenoxy) is 4. The van der Waals surface area contributed by atoms with Crippen molar-refractivity contribution in [1.29, 1.82) is 0 Å². The average molecular weight is 262 g/mol. The fourth-order valence-corrected chi connectivity index (χ4v) is 1.15. The molecular weight excluding hydrogens is 236 g/mol. The third kappa shape index (κ3) is 10.4. The maximum Gasteiger partial charge on any atom is 0.508 e. The summed E-state index contributed by atoms with van der Waals surface area (Å²) >= 11 is 0. The van der Waals surface area contributed by atoms with Gasteiger partial charge in [0.1, 0.15) is 13.2 Å². The Bertz CT molecular complexity index is 188. The highest BCUT2D eigenvalue weighted by atomic mass is 16.7. The van der Waals surface area contributed by atoms with Crippen molar-refractivity contribution < 1.29 is 23.7 Å². The van der Waals surface area contributed by atoms with Gasteiger partial charge in [0.05, 0.1) is 12.2 Å². The largest absolute Gasteiger partial charge is 0.508 e. The van der Waals surface area contributed by atoms with E-state index in [0.717, 1.165) is 12.8 Å². The Morgan fingerprint density at radius 1 is 0.889 bits per heavy atom. The molecule has 0 aliphatic carbocycles. The Morgan fingerprint density at radius 3 is 1.61 bits per heavy atom. The molecule has 0 aliphatic rings. The molecule has 0 rings (SSSR count). The van der Waals surface area contributed by atoms with Crippen LogP contribution in [0.2, 0.25) is 0 Å². The zero-order valence-electron chi connectivity index (χ0n) is 11.9. The average Bonchev–Trinajstić information content (AvgIpc) is 2.37. The fraction of sp³-hybridized carbons (Fsp3) is 0.923. The first-order valence-electron chi connectivity index (χ1n) is 6.62. The van der Waals surface area contributed by atoms with Gasteiger partial charge in [0.25, 0.3) is 0 Å². The van der Waals surface area contributed by atoms with Gasteiger partial charge < -0.3 is 18.9 Å². The summed E-state index contributed by atoms with van der Waals surface area (Å²) in [4.78, 5) is 11.2. The van der Waals surface area contributed by atoms with Gasteiger partial charge in [0.2, 0.25) is 0 Å². The van der Waals surface area contributed by atoms with E-state index in [2.05, 4.69) is 0 Å². The topological polar surface area (TPSA) is 54.0 Å². The molecule has 0 amide bonds. The molecule has 0 N–H and O–H groups in total. The van der Waals surface area contributed by atoms with Gasteiger partial charge in [-0.1, -0.05) is 13.8 Å².